The number of ketones is 1. The Bertz CT molecular complexity index is 1040. The minimum atomic E-state index is -0.816. The number of hydrogen-bond acceptors (Lipinski definition) is 6. The second-order valence-electron chi connectivity index (χ2n) is 6.30. The second-order valence-corrected chi connectivity index (χ2v) is 6.30. The van der Waals surface area contributed by atoms with Crippen LogP contribution in [0, 0.1) is 0 Å². The fourth-order valence-electron chi connectivity index (χ4n) is 2.79. The van der Waals surface area contributed by atoms with Gasteiger partial charge in [-0.3, -0.25) is 4.79 Å². The lowest BCUT2D eigenvalue weighted by molar-refractivity contribution is -0.124. The molecule has 1 atom stereocenters. The smallest absolute Gasteiger partial charge is 0.339 e. The maximum atomic E-state index is 12.7. The number of methoxy groups -OCH3 is 2. The van der Waals surface area contributed by atoms with Gasteiger partial charge in [0.1, 0.15) is 0 Å². The van der Waals surface area contributed by atoms with E-state index in [9.17, 15) is 9.59 Å². The second kappa shape index (κ2) is 8.08. The van der Waals surface area contributed by atoms with Gasteiger partial charge in [0.25, 0.3) is 0 Å². The lowest BCUT2D eigenvalue weighted by Gasteiger charge is -2.14. The lowest BCUT2D eigenvalue weighted by atomic mass is 10.0. The Hall–Kier alpha value is -3.41. The van der Waals surface area contributed by atoms with Gasteiger partial charge in [0.2, 0.25) is 0 Å². The van der Waals surface area contributed by atoms with Crippen LogP contribution >= 0.6 is 0 Å². The molecule has 0 amide bonds. The third kappa shape index (κ3) is 3.81. The SMILES string of the molecule is COc1ccc(-c2cc(C(=O)OC(C)C(C)=O)c3ccccc3n2)cc1OC. The van der Waals surface area contributed by atoms with E-state index in [1.54, 1.807) is 45.4 Å². The summed E-state index contributed by atoms with van der Waals surface area (Å²) in [6.45, 7) is 2.94. The van der Waals surface area contributed by atoms with E-state index < -0.39 is 12.1 Å². The number of rotatable bonds is 6. The molecule has 0 saturated heterocycles. The highest BCUT2D eigenvalue weighted by Crippen LogP contribution is 2.33. The van der Waals surface area contributed by atoms with Gasteiger partial charge in [0, 0.05) is 10.9 Å². The van der Waals surface area contributed by atoms with Crippen LogP contribution < -0.4 is 9.47 Å². The first-order valence-corrected chi connectivity index (χ1v) is 8.78. The highest BCUT2D eigenvalue weighted by Gasteiger charge is 2.20. The lowest BCUT2D eigenvalue weighted by Crippen LogP contribution is -2.22. The number of pyridine rings is 1. The van der Waals surface area contributed by atoms with E-state index in [0.29, 0.717) is 33.7 Å². The molecule has 6 heteroatoms. The van der Waals surface area contributed by atoms with Crippen molar-refractivity contribution in [3.8, 4) is 22.8 Å². The van der Waals surface area contributed by atoms with Crippen LogP contribution in [-0.2, 0) is 9.53 Å². The number of esters is 1. The molecule has 0 saturated carbocycles. The first-order chi connectivity index (χ1) is 13.4. The quantitative estimate of drug-likeness (QED) is 0.602. The molecule has 1 heterocycles. The molecule has 6 nitrogen and oxygen atoms in total. The summed E-state index contributed by atoms with van der Waals surface area (Å²) in [5.74, 6) is 0.376. The number of aromatic nitrogens is 1. The van der Waals surface area contributed by atoms with Crippen molar-refractivity contribution in [1.82, 2.24) is 4.98 Å². The maximum Gasteiger partial charge on any atom is 0.339 e. The van der Waals surface area contributed by atoms with Crippen LogP contribution in [0.25, 0.3) is 22.2 Å². The summed E-state index contributed by atoms with van der Waals surface area (Å²) >= 11 is 0. The molecule has 1 unspecified atom stereocenters. The van der Waals surface area contributed by atoms with Gasteiger partial charge in [0.05, 0.1) is 31.0 Å². The Balaban J connectivity index is 2.13. The normalized spacial score (nSPS) is 11.7. The van der Waals surface area contributed by atoms with Crippen LogP contribution in [0.3, 0.4) is 0 Å². The largest absolute Gasteiger partial charge is 0.493 e. The molecule has 3 aromatic rings. The molecule has 0 aliphatic rings. The van der Waals surface area contributed by atoms with E-state index in [1.165, 1.54) is 6.92 Å². The average Bonchev–Trinajstić information content (AvgIpc) is 2.72. The van der Waals surface area contributed by atoms with Gasteiger partial charge in [-0.2, -0.15) is 0 Å². The Labute approximate surface area is 163 Å². The Morgan fingerprint density at radius 3 is 2.36 bits per heavy atom. The first kappa shape index (κ1) is 19.4. The summed E-state index contributed by atoms with van der Waals surface area (Å²) in [6, 6.07) is 14.4. The molecule has 28 heavy (non-hydrogen) atoms. The fraction of sp³-hybridized carbons (Fsp3) is 0.227. The molecule has 0 aliphatic heterocycles. The number of fused-ring (bicyclic) bond motifs is 1. The standard InChI is InChI=1S/C22H21NO5/c1-13(24)14(2)28-22(25)17-12-19(23-18-8-6-5-7-16(17)18)15-9-10-20(26-3)21(11-15)27-4/h5-12,14H,1-4H3. The first-order valence-electron chi connectivity index (χ1n) is 8.78. The van der Waals surface area contributed by atoms with Crippen molar-refractivity contribution in [2.45, 2.75) is 20.0 Å². The molecule has 3 rings (SSSR count). The zero-order valence-electron chi connectivity index (χ0n) is 16.2. The molecule has 0 N–H and O–H groups in total. The van der Waals surface area contributed by atoms with Crippen LogP contribution in [0.5, 0.6) is 11.5 Å². The number of benzene rings is 2. The predicted molar refractivity (Wildman–Crippen MR) is 106 cm³/mol. The minimum absolute atomic E-state index is 0.216. The van der Waals surface area contributed by atoms with Gasteiger partial charge in [-0.15, -0.1) is 0 Å². The number of ether oxygens (including phenoxy) is 3. The summed E-state index contributed by atoms with van der Waals surface area (Å²) in [5, 5.41) is 0.660. The fourth-order valence-corrected chi connectivity index (χ4v) is 2.79. The van der Waals surface area contributed by atoms with E-state index >= 15 is 0 Å². The van der Waals surface area contributed by atoms with E-state index in [1.807, 2.05) is 24.3 Å². The predicted octanol–water partition coefficient (Wildman–Crippen LogP) is 4.05. The molecular weight excluding hydrogens is 358 g/mol. The van der Waals surface area contributed by atoms with Crippen molar-refractivity contribution in [3.63, 3.8) is 0 Å². The summed E-state index contributed by atoms with van der Waals surface area (Å²) in [4.78, 5) is 28.9. The monoisotopic (exact) mass is 379 g/mol. The molecule has 1 aromatic heterocycles. The number of carbonyl (C=O) groups excluding carboxylic acids is 2. The summed E-state index contributed by atoms with van der Waals surface area (Å²) in [5.41, 5.74) is 2.35. The third-order valence-electron chi connectivity index (χ3n) is 4.47. The molecule has 0 radical (unpaired) electrons. The van der Waals surface area contributed by atoms with Crippen LogP contribution in [0.1, 0.15) is 24.2 Å². The van der Waals surface area contributed by atoms with Crippen molar-refractivity contribution in [1.29, 1.82) is 0 Å². The summed E-state index contributed by atoms with van der Waals surface area (Å²) in [7, 11) is 3.12. The van der Waals surface area contributed by atoms with Crippen molar-refractivity contribution in [3.05, 3.63) is 54.1 Å². The zero-order valence-corrected chi connectivity index (χ0v) is 16.2. The number of carbonyl (C=O) groups is 2. The number of Topliss-reactive ketones (excluding diaryl/α,β-unsaturated/α-hetero) is 1. The van der Waals surface area contributed by atoms with Crippen molar-refractivity contribution < 1.29 is 23.8 Å². The van der Waals surface area contributed by atoms with Crippen molar-refractivity contribution in [2.75, 3.05) is 14.2 Å². The van der Waals surface area contributed by atoms with E-state index in [0.717, 1.165) is 5.56 Å². The minimum Gasteiger partial charge on any atom is -0.493 e. The average molecular weight is 379 g/mol. The summed E-state index contributed by atoms with van der Waals surface area (Å²) < 4.78 is 16.0. The van der Waals surface area contributed by atoms with Gasteiger partial charge in [0.15, 0.2) is 23.4 Å². The molecule has 2 aromatic carbocycles. The maximum absolute atomic E-state index is 12.7. The summed E-state index contributed by atoms with van der Waals surface area (Å²) in [6.07, 6.45) is -0.816. The van der Waals surface area contributed by atoms with Gasteiger partial charge in [-0.1, -0.05) is 18.2 Å². The highest BCUT2D eigenvalue weighted by molar-refractivity contribution is 6.05. The van der Waals surface area contributed by atoms with E-state index in [4.69, 9.17) is 14.2 Å². The molecule has 0 fully saturated rings. The topological polar surface area (TPSA) is 74.7 Å². The molecule has 0 aliphatic carbocycles. The molecular formula is C22H21NO5. The highest BCUT2D eigenvalue weighted by atomic mass is 16.5. The van der Waals surface area contributed by atoms with Gasteiger partial charge in [-0.25, -0.2) is 9.78 Å². The number of para-hydroxylation sites is 1. The third-order valence-corrected chi connectivity index (χ3v) is 4.47. The molecule has 144 valence electrons. The van der Waals surface area contributed by atoms with Crippen LogP contribution in [0.4, 0.5) is 0 Å². The Kier molecular flexibility index (Phi) is 5.59. The van der Waals surface area contributed by atoms with Gasteiger partial charge in [-0.05, 0) is 44.2 Å². The Morgan fingerprint density at radius 1 is 0.964 bits per heavy atom. The molecule has 0 bridgehead atoms. The molecule has 0 spiro atoms. The van der Waals surface area contributed by atoms with Gasteiger partial charge >= 0.3 is 5.97 Å². The van der Waals surface area contributed by atoms with E-state index in [-0.39, 0.29) is 5.78 Å². The van der Waals surface area contributed by atoms with Crippen molar-refractivity contribution >= 4 is 22.7 Å². The van der Waals surface area contributed by atoms with E-state index in [2.05, 4.69) is 4.98 Å². The number of hydrogen-bond donors (Lipinski definition) is 0. The van der Waals surface area contributed by atoms with Crippen LogP contribution in [0.2, 0.25) is 0 Å². The Morgan fingerprint density at radius 2 is 1.68 bits per heavy atom. The van der Waals surface area contributed by atoms with Crippen molar-refractivity contribution in [2.24, 2.45) is 0 Å². The van der Waals surface area contributed by atoms with Crippen LogP contribution in [-0.4, -0.2) is 37.1 Å². The van der Waals surface area contributed by atoms with Crippen LogP contribution in [0.15, 0.2) is 48.5 Å². The zero-order chi connectivity index (χ0) is 20.3. The van der Waals surface area contributed by atoms with Gasteiger partial charge < -0.3 is 14.2 Å². The number of nitrogens with zero attached hydrogens (tertiary/aromatic N) is 1.